The van der Waals surface area contributed by atoms with Gasteiger partial charge >= 0.3 is 5.97 Å². The Morgan fingerprint density at radius 1 is 0.812 bits per heavy atom. The number of carbonyl (C=O) groups excluding carboxylic acids is 1. The van der Waals surface area contributed by atoms with Crippen LogP contribution in [0.3, 0.4) is 0 Å². The topological polar surface area (TPSA) is 44.8 Å². The Balaban J connectivity index is 1.35. The zero-order valence-corrected chi connectivity index (χ0v) is 17.4. The number of fused-ring (bicyclic) bond motifs is 3. The Morgan fingerprint density at radius 3 is 2.19 bits per heavy atom. The van der Waals surface area contributed by atoms with Gasteiger partial charge in [0.1, 0.15) is 30.8 Å². The molecule has 158 valence electrons. The number of ether oxygens (including phenoxy) is 3. The summed E-state index contributed by atoms with van der Waals surface area (Å²) in [5, 5.41) is 2.04. The molecule has 0 aromatic heterocycles. The molecule has 1 aliphatic heterocycles. The van der Waals surface area contributed by atoms with Crippen molar-refractivity contribution >= 4 is 22.5 Å². The summed E-state index contributed by atoms with van der Waals surface area (Å²) in [5.74, 6) is 0.767. The standard InChI is InChI=1S/C28H22O4/c29-26(19-31-28(21-10-3-1-4-11-21)22-12-5-2-6-13-22)32-25-17-18-30-24-16-15-20-9-7-8-14-23(20)27(24)25/h1-17,28H,18-19H2. The first-order chi connectivity index (χ1) is 15.8. The highest BCUT2D eigenvalue weighted by Gasteiger charge is 2.22. The van der Waals surface area contributed by atoms with Crippen molar-refractivity contribution in [2.24, 2.45) is 0 Å². The van der Waals surface area contributed by atoms with Crippen LogP contribution >= 0.6 is 0 Å². The molecular formula is C28H22O4. The van der Waals surface area contributed by atoms with E-state index in [1.807, 2.05) is 97.1 Å². The van der Waals surface area contributed by atoms with Gasteiger partial charge in [-0.05, 0) is 34.0 Å². The van der Waals surface area contributed by atoms with Crippen LogP contribution in [0.25, 0.3) is 16.5 Å². The summed E-state index contributed by atoms with van der Waals surface area (Å²) in [5.41, 5.74) is 2.76. The van der Waals surface area contributed by atoms with E-state index >= 15 is 0 Å². The Hall–Kier alpha value is -3.89. The summed E-state index contributed by atoms with van der Waals surface area (Å²) in [6, 6.07) is 31.6. The third kappa shape index (κ3) is 4.13. The van der Waals surface area contributed by atoms with Gasteiger partial charge in [0.05, 0.1) is 5.56 Å². The van der Waals surface area contributed by atoms with E-state index in [2.05, 4.69) is 0 Å². The highest BCUT2D eigenvalue weighted by molar-refractivity contribution is 5.97. The minimum atomic E-state index is -0.450. The van der Waals surface area contributed by atoms with Gasteiger partial charge in [0, 0.05) is 0 Å². The molecule has 4 heteroatoms. The molecule has 4 nitrogen and oxygen atoms in total. The number of benzene rings is 4. The normalized spacial score (nSPS) is 12.7. The number of esters is 1. The second kappa shape index (κ2) is 9.08. The Kier molecular flexibility index (Phi) is 5.69. The average molecular weight is 422 g/mol. The predicted octanol–water partition coefficient (Wildman–Crippen LogP) is 5.92. The highest BCUT2D eigenvalue weighted by Crippen LogP contribution is 2.37. The Morgan fingerprint density at radius 2 is 1.47 bits per heavy atom. The second-order valence-corrected chi connectivity index (χ2v) is 7.53. The van der Waals surface area contributed by atoms with Crippen LogP contribution in [0.4, 0.5) is 0 Å². The van der Waals surface area contributed by atoms with Gasteiger partial charge in [-0.2, -0.15) is 0 Å². The number of carbonyl (C=O) groups is 1. The molecule has 0 atom stereocenters. The molecule has 4 aromatic rings. The van der Waals surface area contributed by atoms with Crippen molar-refractivity contribution in [3.05, 3.63) is 120 Å². The fraction of sp³-hybridized carbons (Fsp3) is 0.107. The molecule has 5 rings (SSSR count). The van der Waals surface area contributed by atoms with E-state index in [0.717, 1.165) is 27.5 Å². The lowest BCUT2D eigenvalue weighted by molar-refractivity contribution is -0.143. The molecule has 0 amide bonds. The number of rotatable bonds is 6. The molecule has 4 aromatic carbocycles. The average Bonchev–Trinajstić information content (AvgIpc) is 2.85. The first-order valence-electron chi connectivity index (χ1n) is 10.6. The Labute approximate surface area is 186 Å². The lowest BCUT2D eigenvalue weighted by Gasteiger charge is -2.21. The number of hydrogen-bond donors (Lipinski definition) is 0. The van der Waals surface area contributed by atoms with Crippen LogP contribution in [-0.2, 0) is 14.3 Å². The number of hydrogen-bond acceptors (Lipinski definition) is 4. The fourth-order valence-corrected chi connectivity index (χ4v) is 3.97. The van der Waals surface area contributed by atoms with Crippen molar-refractivity contribution in [3.63, 3.8) is 0 Å². The van der Waals surface area contributed by atoms with Gasteiger partial charge in [-0.1, -0.05) is 91.0 Å². The summed E-state index contributed by atoms with van der Waals surface area (Å²) < 4.78 is 17.6. The van der Waals surface area contributed by atoms with Gasteiger partial charge in [0.15, 0.2) is 0 Å². The molecule has 0 unspecified atom stereocenters. The maximum atomic E-state index is 12.8. The summed E-state index contributed by atoms with van der Waals surface area (Å²) >= 11 is 0. The van der Waals surface area contributed by atoms with Crippen molar-refractivity contribution in [1.82, 2.24) is 0 Å². The van der Waals surface area contributed by atoms with E-state index in [0.29, 0.717) is 18.1 Å². The van der Waals surface area contributed by atoms with Crippen LogP contribution in [0.2, 0.25) is 0 Å². The summed E-state index contributed by atoms with van der Waals surface area (Å²) in [6.45, 7) is 0.179. The summed E-state index contributed by atoms with van der Waals surface area (Å²) in [6.07, 6.45) is 1.43. The van der Waals surface area contributed by atoms with Gasteiger partial charge in [0.2, 0.25) is 0 Å². The van der Waals surface area contributed by atoms with Crippen molar-refractivity contribution in [3.8, 4) is 5.75 Å². The SMILES string of the molecule is O=C(COC(c1ccccc1)c1ccccc1)OC1=CCOc2ccc3ccccc3c21. The third-order valence-corrected chi connectivity index (χ3v) is 5.44. The third-order valence-electron chi connectivity index (χ3n) is 5.44. The van der Waals surface area contributed by atoms with Crippen LogP contribution in [-0.4, -0.2) is 19.2 Å². The van der Waals surface area contributed by atoms with Crippen LogP contribution in [0.15, 0.2) is 103 Å². The highest BCUT2D eigenvalue weighted by atomic mass is 16.6. The van der Waals surface area contributed by atoms with E-state index < -0.39 is 5.97 Å². The maximum Gasteiger partial charge on any atom is 0.337 e. The van der Waals surface area contributed by atoms with Crippen molar-refractivity contribution in [2.45, 2.75) is 6.10 Å². The zero-order valence-electron chi connectivity index (χ0n) is 17.4. The molecule has 0 saturated heterocycles. The molecule has 32 heavy (non-hydrogen) atoms. The lowest BCUT2D eigenvalue weighted by Crippen LogP contribution is -2.17. The van der Waals surface area contributed by atoms with Gasteiger partial charge in [0.25, 0.3) is 0 Å². The van der Waals surface area contributed by atoms with Crippen LogP contribution in [0.1, 0.15) is 22.8 Å². The van der Waals surface area contributed by atoms with Gasteiger partial charge < -0.3 is 14.2 Å². The van der Waals surface area contributed by atoms with Crippen LogP contribution in [0, 0.1) is 0 Å². The van der Waals surface area contributed by atoms with Gasteiger partial charge in [-0.15, -0.1) is 0 Å². The van der Waals surface area contributed by atoms with Crippen molar-refractivity contribution in [2.75, 3.05) is 13.2 Å². The predicted molar refractivity (Wildman–Crippen MR) is 124 cm³/mol. The van der Waals surface area contributed by atoms with E-state index in [4.69, 9.17) is 14.2 Å². The van der Waals surface area contributed by atoms with E-state index in [1.54, 1.807) is 6.08 Å². The lowest BCUT2D eigenvalue weighted by atomic mass is 10.0. The summed E-state index contributed by atoms with van der Waals surface area (Å²) in [7, 11) is 0. The Bertz CT molecular complexity index is 1220. The smallest absolute Gasteiger partial charge is 0.337 e. The first kappa shape index (κ1) is 20.0. The molecule has 0 bridgehead atoms. The molecule has 0 aliphatic carbocycles. The molecular weight excluding hydrogens is 400 g/mol. The van der Waals surface area contributed by atoms with Gasteiger partial charge in [-0.25, -0.2) is 4.79 Å². The molecule has 0 spiro atoms. The molecule has 0 saturated carbocycles. The van der Waals surface area contributed by atoms with Crippen LogP contribution < -0.4 is 4.74 Å². The monoisotopic (exact) mass is 422 g/mol. The first-order valence-corrected chi connectivity index (χ1v) is 10.6. The minimum Gasteiger partial charge on any atom is -0.489 e. The van der Waals surface area contributed by atoms with E-state index in [-0.39, 0.29) is 12.7 Å². The molecule has 1 heterocycles. The largest absolute Gasteiger partial charge is 0.489 e. The fourth-order valence-electron chi connectivity index (χ4n) is 3.97. The zero-order chi connectivity index (χ0) is 21.8. The van der Waals surface area contributed by atoms with E-state index in [1.165, 1.54) is 0 Å². The second-order valence-electron chi connectivity index (χ2n) is 7.53. The molecule has 0 fully saturated rings. The maximum absolute atomic E-state index is 12.8. The molecule has 0 radical (unpaired) electrons. The molecule has 1 aliphatic rings. The van der Waals surface area contributed by atoms with Gasteiger partial charge in [-0.3, -0.25) is 0 Å². The summed E-state index contributed by atoms with van der Waals surface area (Å²) in [4.78, 5) is 12.8. The quantitative estimate of drug-likeness (QED) is 0.362. The van der Waals surface area contributed by atoms with Crippen molar-refractivity contribution in [1.29, 1.82) is 0 Å². The van der Waals surface area contributed by atoms with E-state index in [9.17, 15) is 4.79 Å². The molecule has 0 N–H and O–H groups in total. The minimum absolute atomic E-state index is 0.174. The van der Waals surface area contributed by atoms with Crippen LogP contribution in [0.5, 0.6) is 5.75 Å². The van der Waals surface area contributed by atoms with Crippen molar-refractivity contribution < 1.29 is 19.0 Å².